The second-order valence-corrected chi connectivity index (χ2v) is 3.87. The average molecular weight is 191 g/mol. The van der Waals surface area contributed by atoms with Gasteiger partial charge in [-0.15, -0.1) is 10.2 Å². The first-order valence-corrected chi connectivity index (χ1v) is 5.38. The lowest BCUT2D eigenvalue weighted by Crippen LogP contribution is -2.04. The van der Waals surface area contributed by atoms with Crippen LogP contribution in [0.5, 0.6) is 0 Å². The van der Waals surface area contributed by atoms with Crippen molar-refractivity contribution in [2.75, 3.05) is 0 Å². The highest BCUT2D eigenvalue weighted by molar-refractivity contribution is 5.57. The van der Waals surface area contributed by atoms with Crippen molar-refractivity contribution < 1.29 is 0 Å². The van der Waals surface area contributed by atoms with E-state index in [0.29, 0.717) is 0 Å². The molecule has 0 aromatic carbocycles. The predicted molar refractivity (Wildman–Crippen MR) is 56.9 cm³/mol. The Hall–Kier alpha value is -1.12. The second kappa shape index (κ2) is 3.95. The van der Waals surface area contributed by atoms with Gasteiger partial charge in [-0.1, -0.05) is 12.5 Å². The first kappa shape index (κ1) is 9.44. The van der Waals surface area contributed by atoms with Gasteiger partial charge in [-0.2, -0.15) is 0 Å². The lowest BCUT2D eigenvalue weighted by molar-refractivity contribution is 0.626. The van der Waals surface area contributed by atoms with Crippen LogP contribution < -0.4 is 0 Å². The molecule has 0 aliphatic carbocycles. The van der Waals surface area contributed by atoms with Crippen LogP contribution in [-0.2, 0) is 13.0 Å². The zero-order valence-corrected chi connectivity index (χ0v) is 8.95. The molecule has 3 nitrogen and oxygen atoms in total. The second-order valence-electron chi connectivity index (χ2n) is 3.87. The number of fused-ring (bicyclic) bond motifs is 1. The third kappa shape index (κ3) is 1.59. The SMILES string of the molecule is C/C=C(\C)c1nnc2n1CCCCC2. The summed E-state index contributed by atoms with van der Waals surface area (Å²) in [7, 11) is 0. The highest BCUT2D eigenvalue weighted by Crippen LogP contribution is 2.18. The first-order chi connectivity index (χ1) is 6.83. The minimum Gasteiger partial charge on any atom is -0.311 e. The van der Waals surface area contributed by atoms with E-state index in [1.54, 1.807) is 0 Å². The molecule has 14 heavy (non-hydrogen) atoms. The van der Waals surface area contributed by atoms with Crippen molar-refractivity contribution in [2.45, 2.75) is 46.1 Å². The summed E-state index contributed by atoms with van der Waals surface area (Å²) in [5, 5.41) is 8.51. The number of rotatable bonds is 1. The van der Waals surface area contributed by atoms with Gasteiger partial charge in [0.25, 0.3) is 0 Å². The van der Waals surface area contributed by atoms with E-state index >= 15 is 0 Å². The van der Waals surface area contributed by atoms with Gasteiger partial charge in [-0.25, -0.2) is 0 Å². The Kier molecular flexibility index (Phi) is 2.66. The molecule has 1 aromatic rings. The zero-order chi connectivity index (χ0) is 9.97. The first-order valence-electron chi connectivity index (χ1n) is 5.38. The molecule has 2 heterocycles. The van der Waals surface area contributed by atoms with Crippen molar-refractivity contribution in [3.05, 3.63) is 17.7 Å². The predicted octanol–water partition coefficient (Wildman–Crippen LogP) is 2.43. The van der Waals surface area contributed by atoms with E-state index in [1.807, 2.05) is 6.92 Å². The summed E-state index contributed by atoms with van der Waals surface area (Å²) in [6.45, 7) is 5.23. The fourth-order valence-corrected chi connectivity index (χ4v) is 1.91. The molecule has 0 atom stereocenters. The van der Waals surface area contributed by atoms with Crippen molar-refractivity contribution in [1.82, 2.24) is 14.8 Å². The van der Waals surface area contributed by atoms with E-state index in [4.69, 9.17) is 0 Å². The van der Waals surface area contributed by atoms with Crippen LogP contribution in [0.1, 0.15) is 44.8 Å². The van der Waals surface area contributed by atoms with Gasteiger partial charge in [0.05, 0.1) is 0 Å². The van der Waals surface area contributed by atoms with Crippen LogP contribution in [-0.4, -0.2) is 14.8 Å². The molecule has 0 radical (unpaired) electrons. The van der Waals surface area contributed by atoms with E-state index in [2.05, 4.69) is 27.8 Å². The van der Waals surface area contributed by atoms with Crippen molar-refractivity contribution >= 4 is 5.57 Å². The van der Waals surface area contributed by atoms with Crippen molar-refractivity contribution in [3.8, 4) is 0 Å². The van der Waals surface area contributed by atoms with Gasteiger partial charge >= 0.3 is 0 Å². The standard InChI is InChI=1S/C11H17N3/c1-3-9(2)11-13-12-10-7-5-4-6-8-14(10)11/h3H,4-8H2,1-2H3/b9-3+. The number of allylic oxidation sites excluding steroid dienone is 2. The lowest BCUT2D eigenvalue weighted by Gasteiger charge is -2.06. The number of hydrogen-bond donors (Lipinski definition) is 0. The molecule has 0 saturated heterocycles. The van der Waals surface area contributed by atoms with Crippen molar-refractivity contribution in [3.63, 3.8) is 0 Å². The molecular weight excluding hydrogens is 174 g/mol. The highest BCUT2D eigenvalue weighted by Gasteiger charge is 2.14. The van der Waals surface area contributed by atoms with Crippen molar-refractivity contribution in [2.24, 2.45) is 0 Å². The molecule has 0 unspecified atom stereocenters. The Balaban J connectivity index is 2.39. The quantitative estimate of drug-likeness (QED) is 0.682. The van der Waals surface area contributed by atoms with Crippen LogP contribution in [0.2, 0.25) is 0 Å². The molecule has 1 aliphatic rings. The van der Waals surface area contributed by atoms with Gasteiger partial charge in [0.15, 0.2) is 5.82 Å². The highest BCUT2D eigenvalue weighted by atomic mass is 15.3. The molecule has 76 valence electrons. The molecule has 0 bridgehead atoms. The normalized spacial score (nSPS) is 17.7. The monoisotopic (exact) mass is 191 g/mol. The maximum atomic E-state index is 4.26. The molecule has 0 spiro atoms. The minimum absolute atomic E-state index is 1.06. The third-order valence-electron chi connectivity index (χ3n) is 2.90. The molecule has 0 N–H and O–H groups in total. The average Bonchev–Trinajstić information content (AvgIpc) is 2.46. The largest absolute Gasteiger partial charge is 0.311 e. The van der Waals surface area contributed by atoms with Gasteiger partial charge in [0, 0.05) is 13.0 Å². The molecule has 0 fully saturated rings. The number of hydrogen-bond acceptors (Lipinski definition) is 2. The summed E-state index contributed by atoms with van der Waals surface area (Å²) in [6.07, 6.45) is 7.02. The van der Waals surface area contributed by atoms with Gasteiger partial charge in [0.2, 0.25) is 0 Å². The summed E-state index contributed by atoms with van der Waals surface area (Å²) >= 11 is 0. The Morgan fingerprint density at radius 1 is 1.29 bits per heavy atom. The van der Waals surface area contributed by atoms with Crippen LogP contribution in [0.15, 0.2) is 6.08 Å². The van der Waals surface area contributed by atoms with E-state index in [-0.39, 0.29) is 0 Å². The van der Waals surface area contributed by atoms with Gasteiger partial charge in [-0.05, 0) is 32.3 Å². The van der Waals surface area contributed by atoms with Gasteiger partial charge < -0.3 is 4.57 Å². The Morgan fingerprint density at radius 2 is 2.14 bits per heavy atom. The van der Waals surface area contributed by atoms with Crippen LogP contribution in [0, 0.1) is 0 Å². The lowest BCUT2D eigenvalue weighted by atomic mass is 10.2. The Bertz CT molecular complexity index is 349. The van der Waals surface area contributed by atoms with Gasteiger partial charge in [0.1, 0.15) is 5.82 Å². The number of aromatic nitrogens is 3. The topological polar surface area (TPSA) is 30.7 Å². The Morgan fingerprint density at radius 3 is 2.93 bits per heavy atom. The van der Waals surface area contributed by atoms with Gasteiger partial charge in [-0.3, -0.25) is 0 Å². The Labute approximate surface area is 84.8 Å². The van der Waals surface area contributed by atoms with E-state index in [1.165, 1.54) is 30.7 Å². The van der Waals surface area contributed by atoms with Crippen LogP contribution in [0.25, 0.3) is 5.57 Å². The third-order valence-corrected chi connectivity index (χ3v) is 2.90. The maximum Gasteiger partial charge on any atom is 0.159 e. The summed E-state index contributed by atoms with van der Waals surface area (Å²) in [5.41, 5.74) is 1.23. The molecule has 0 amide bonds. The van der Waals surface area contributed by atoms with E-state index in [9.17, 15) is 0 Å². The summed E-state index contributed by atoms with van der Waals surface area (Å²) in [4.78, 5) is 0. The van der Waals surface area contributed by atoms with Crippen LogP contribution in [0.4, 0.5) is 0 Å². The van der Waals surface area contributed by atoms with Crippen molar-refractivity contribution in [1.29, 1.82) is 0 Å². The zero-order valence-electron chi connectivity index (χ0n) is 8.95. The number of nitrogens with zero attached hydrogens (tertiary/aromatic N) is 3. The molecule has 1 aliphatic heterocycles. The fourth-order valence-electron chi connectivity index (χ4n) is 1.91. The summed E-state index contributed by atoms with van der Waals surface area (Å²) in [5.74, 6) is 2.23. The maximum absolute atomic E-state index is 4.26. The van der Waals surface area contributed by atoms with E-state index in [0.717, 1.165) is 18.8 Å². The fraction of sp³-hybridized carbons (Fsp3) is 0.636. The molecular formula is C11H17N3. The molecule has 2 rings (SSSR count). The number of aryl methyl sites for hydroxylation is 1. The summed E-state index contributed by atoms with van der Waals surface area (Å²) in [6, 6.07) is 0. The molecule has 3 heteroatoms. The van der Waals surface area contributed by atoms with Crippen LogP contribution >= 0.6 is 0 Å². The molecule has 0 saturated carbocycles. The van der Waals surface area contributed by atoms with E-state index < -0.39 is 0 Å². The minimum atomic E-state index is 1.06. The molecule has 1 aromatic heterocycles. The smallest absolute Gasteiger partial charge is 0.159 e. The van der Waals surface area contributed by atoms with Crippen LogP contribution in [0.3, 0.4) is 0 Å². The summed E-state index contributed by atoms with van der Waals surface area (Å²) < 4.78 is 2.28.